The van der Waals surface area contributed by atoms with Crippen molar-refractivity contribution < 1.29 is 31.1 Å². The van der Waals surface area contributed by atoms with Gasteiger partial charge in [-0.25, -0.2) is 26.4 Å². The quantitative estimate of drug-likeness (QED) is 0.309. The Kier molecular flexibility index (Phi) is 9.60. The number of halogens is 4. The number of carbonyl (C=O) groups is 1. The molecule has 1 amide bonds. The van der Waals surface area contributed by atoms with E-state index in [9.17, 15) is 22.0 Å². The molecule has 3 aromatic rings. The fraction of sp³-hybridized carbons (Fsp3) is 0.321. The maximum atomic E-state index is 15.0. The summed E-state index contributed by atoms with van der Waals surface area (Å²) in [5.41, 5.74) is -0.152. The molecule has 1 aliphatic rings. The molecule has 4 rings (SSSR count). The highest BCUT2D eigenvalue weighted by Crippen LogP contribution is 2.37. The number of rotatable bonds is 10. The minimum Gasteiger partial charge on any atom is -0.445 e. The third-order valence-corrected chi connectivity index (χ3v) is 8.83. The van der Waals surface area contributed by atoms with Gasteiger partial charge in [0.15, 0.2) is 0 Å². The van der Waals surface area contributed by atoms with E-state index in [1.54, 1.807) is 0 Å². The maximum Gasteiger partial charge on any atom is 0.407 e. The molecule has 0 aromatic heterocycles. The number of alkyl carbamates (subject to hydrolysis) is 1. The van der Waals surface area contributed by atoms with E-state index in [4.69, 9.17) is 16.3 Å². The molecule has 1 atom stereocenters. The van der Waals surface area contributed by atoms with E-state index in [1.165, 1.54) is 37.3 Å². The molecule has 0 bridgehead atoms. The van der Waals surface area contributed by atoms with E-state index >= 15 is 4.39 Å². The number of hydrogen-bond donors (Lipinski definition) is 1. The molecular formula is C28H29ClF3N3O4S. The maximum absolute atomic E-state index is 15.0. The van der Waals surface area contributed by atoms with Crippen molar-refractivity contribution in [2.75, 3.05) is 30.5 Å². The summed E-state index contributed by atoms with van der Waals surface area (Å²) in [7, 11) is -4.49. The van der Waals surface area contributed by atoms with Gasteiger partial charge in [0.2, 0.25) is 0 Å². The molecule has 7 nitrogen and oxygen atoms in total. The summed E-state index contributed by atoms with van der Waals surface area (Å²) in [6.45, 7) is 4.06. The zero-order chi connectivity index (χ0) is 28.9. The van der Waals surface area contributed by atoms with E-state index in [0.717, 1.165) is 60.6 Å². The zero-order valence-electron chi connectivity index (χ0n) is 21.7. The number of hydrogen-bond acceptors (Lipinski definition) is 5. The largest absolute Gasteiger partial charge is 0.445 e. The second-order valence-corrected chi connectivity index (χ2v) is 11.7. The van der Waals surface area contributed by atoms with Crippen LogP contribution in [-0.2, 0) is 21.4 Å². The van der Waals surface area contributed by atoms with Gasteiger partial charge in [0.1, 0.15) is 24.1 Å². The van der Waals surface area contributed by atoms with Gasteiger partial charge in [-0.3, -0.25) is 4.31 Å². The van der Waals surface area contributed by atoms with Crippen molar-refractivity contribution in [3.05, 3.63) is 94.3 Å². The fourth-order valence-corrected chi connectivity index (χ4v) is 6.43. The second-order valence-electron chi connectivity index (χ2n) is 9.42. The minimum absolute atomic E-state index is 0.162. The van der Waals surface area contributed by atoms with E-state index in [1.807, 2.05) is 0 Å². The zero-order valence-corrected chi connectivity index (χ0v) is 23.3. The van der Waals surface area contributed by atoms with Crippen LogP contribution in [0.5, 0.6) is 0 Å². The smallest absolute Gasteiger partial charge is 0.407 e. The average Bonchev–Trinajstić information content (AvgIpc) is 3.43. The predicted octanol–water partition coefficient (Wildman–Crippen LogP) is 6.04. The lowest BCUT2D eigenvalue weighted by Gasteiger charge is -2.32. The number of likely N-dealkylation sites (tertiary alicyclic amines) is 1. The highest BCUT2D eigenvalue weighted by Gasteiger charge is 2.34. The molecule has 1 N–H and O–H groups in total. The molecule has 0 spiro atoms. The number of carbonyl (C=O) groups excluding carboxylic acids is 1. The molecule has 0 saturated carbocycles. The number of anilines is 1. The summed E-state index contributed by atoms with van der Waals surface area (Å²) in [6.07, 6.45) is 1.52. The van der Waals surface area contributed by atoms with Crippen LogP contribution in [-0.4, -0.2) is 45.6 Å². The van der Waals surface area contributed by atoms with Crippen LogP contribution >= 0.6 is 11.6 Å². The standard InChI is InChI=1S/C28H29ClF3N3O4S/c1-19(25-10-6-22(30)16-20(25)18-39-28(36)33-12-15-34-13-2-3-14-34)35(27-17-23(31)7-11-26(27)32)40(37,38)24-8-4-21(29)5-9-24/h4-11,16-17,19H,2-3,12-15,18H2,1H3,(H,33,36)/t19-/m1/s1. The van der Waals surface area contributed by atoms with E-state index in [-0.39, 0.29) is 27.7 Å². The highest BCUT2D eigenvalue weighted by atomic mass is 35.5. The van der Waals surface area contributed by atoms with Crippen LogP contribution in [0.25, 0.3) is 0 Å². The number of amides is 1. The van der Waals surface area contributed by atoms with Crippen LogP contribution in [0.1, 0.15) is 36.9 Å². The molecule has 1 saturated heterocycles. The van der Waals surface area contributed by atoms with Crippen LogP contribution in [0.2, 0.25) is 5.02 Å². The van der Waals surface area contributed by atoms with Gasteiger partial charge in [-0.1, -0.05) is 17.7 Å². The number of sulfonamides is 1. The van der Waals surface area contributed by atoms with Gasteiger partial charge in [-0.2, -0.15) is 0 Å². The fourth-order valence-electron chi connectivity index (χ4n) is 4.67. The van der Waals surface area contributed by atoms with Gasteiger partial charge in [0, 0.05) is 24.2 Å². The number of nitrogens with one attached hydrogen (secondary N) is 1. The van der Waals surface area contributed by atoms with Gasteiger partial charge in [0.05, 0.1) is 16.6 Å². The van der Waals surface area contributed by atoms with E-state index in [0.29, 0.717) is 13.1 Å². The van der Waals surface area contributed by atoms with Crippen molar-refractivity contribution >= 4 is 33.4 Å². The normalized spacial score (nSPS) is 14.6. The third kappa shape index (κ3) is 7.07. The van der Waals surface area contributed by atoms with Crippen molar-refractivity contribution in [1.29, 1.82) is 0 Å². The van der Waals surface area contributed by atoms with Gasteiger partial charge >= 0.3 is 6.09 Å². The van der Waals surface area contributed by atoms with Crippen LogP contribution in [0.4, 0.5) is 23.7 Å². The molecule has 0 unspecified atom stereocenters. The Hall–Kier alpha value is -3.28. The second kappa shape index (κ2) is 12.9. The SMILES string of the molecule is C[C@H](c1ccc(F)cc1COC(=O)NCCN1CCCC1)N(c1cc(F)ccc1F)S(=O)(=O)c1ccc(Cl)cc1. The van der Waals surface area contributed by atoms with Gasteiger partial charge in [-0.05, 0) is 92.5 Å². The minimum atomic E-state index is -4.49. The topological polar surface area (TPSA) is 79.0 Å². The van der Waals surface area contributed by atoms with E-state index < -0.39 is 45.3 Å². The van der Waals surface area contributed by atoms with Crippen molar-refractivity contribution in [3.63, 3.8) is 0 Å². The first-order valence-electron chi connectivity index (χ1n) is 12.7. The number of nitrogens with zero attached hydrogens (tertiary/aromatic N) is 2. The van der Waals surface area contributed by atoms with Gasteiger partial charge in [-0.15, -0.1) is 0 Å². The lowest BCUT2D eigenvalue weighted by Crippen LogP contribution is -2.35. The Bertz CT molecular complexity index is 1450. The van der Waals surface area contributed by atoms with Crippen molar-refractivity contribution in [2.45, 2.75) is 37.3 Å². The predicted molar refractivity (Wildman–Crippen MR) is 146 cm³/mol. The Morgan fingerprint density at radius 1 is 1.02 bits per heavy atom. The third-order valence-electron chi connectivity index (χ3n) is 6.68. The molecular weight excluding hydrogens is 567 g/mol. The molecule has 0 aliphatic carbocycles. The first-order chi connectivity index (χ1) is 19.1. The Balaban J connectivity index is 1.63. The monoisotopic (exact) mass is 595 g/mol. The molecule has 1 fully saturated rings. The molecule has 12 heteroatoms. The molecule has 1 heterocycles. The average molecular weight is 596 g/mol. The van der Waals surface area contributed by atoms with Crippen molar-refractivity contribution in [3.8, 4) is 0 Å². The summed E-state index contributed by atoms with van der Waals surface area (Å²) in [5, 5.41) is 2.94. The van der Waals surface area contributed by atoms with Gasteiger partial charge < -0.3 is 15.0 Å². The Morgan fingerprint density at radius 2 is 1.68 bits per heavy atom. The van der Waals surface area contributed by atoms with E-state index in [2.05, 4.69) is 10.2 Å². The van der Waals surface area contributed by atoms with Crippen molar-refractivity contribution in [2.24, 2.45) is 0 Å². The first-order valence-corrected chi connectivity index (χ1v) is 14.5. The lowest BCUT2D eigenvalue weighted by atomic mass is 10.0. The van der Waals surface area contributed by atoms with Crippen LogP contribution in [0, 0.1) is 17.5 Å². The lowest BCUT2D eigenvalue weighted by molar-refractivity contribution is 0.138. The Morgan fingerprint density at radius 3 is 2.38 bits per heavy atom. The van der Waals surface area contributed by atoms with Crippen LogP contribution < -0.4 is 9.62 Å². The summed E-state index contributed by atoms with van der Waals surface area (Å²) < 4.78 is 77.2. The first kappa shape index (κ1) is 29.7. The van der Waals surface area contributed by atoms with Crippen LogP contribution in [0.3, 0.4) is 0 Å². The van der Waals surface area contributed by atoms with Crippen LogP contribution in [0.15, 0.2) is 65.6 Å². The summed E-state index contributed by atoms with van der Waals surface area (Å²) in [4.78, 5) is 14.3. The summed E-state index contributed by atoms with van der Waals surface area (Å²) >= 11 is 5.92. The molecule has 40 heavy (non-hydrogen) atoms. The molecule has 3 aromatic carbocycles. The molecule has 1 aliphatic heterocycles. The summed E-state index contributed by atoms with van der Waals surface area (Å²) in [6, 6.07) is 10.0. The summed E-state index contributed by atoms with van der Waals surface area (Å²) in [5.74, 6) is -2.48. The van der Waals surface area contributed by atoms with Crippen molar-refractivity contribution in [1.82, 2.24) is 10.2 Å². The molecule has 214 valence electrons. The molecule has 0 radical (unpaired) electrons. The highest BCUT2D eigenvalue weighted by molar-refractivity contribution is 7.92. The van der Waals surface area contributed by atoms with Gasteiger partial charge in [0.25, 0.3) is 10.0 Å². The number of benzene rings is 3. The number of ether oxygens (including phenoxy) is 1. The Labute approximate surface area is 236 Å².